The van der Waals surface area contributed by atoms with E-state index in [1.165, 1.54) is 22.3 Å². The number of rotatable bonds is 17. The average Bonchev–Trinajstić information content (AvgIpc) is 4.01. The second-order valence-corrected chi connectivity index (χ2v) is 18.0. The van der Waals surface area contributed by atoms with E-state index in [9.17, 15) is 33.1 Å². The Morgan fingerprint density at radius 1 is 1.02 bits per heavy atom. The SMILES string of the molecule is Cc1ncsc1-c1ccc([C@H](C)NC(=O)[C@@H]2C[C@@H](O)CN2C(=O)C(NC(=O)COCCCNC(=O)COc2c(-c3csc(N4CCOCC4)n3)ccc(F)c2F)C(C)(C)C)cc1. The van der Waals surface area contributed by atoms with Crippen LogP contribution >= 0.6 is 22.7 Å². The zero-order chi connectivity index (χ0) is 44.6. The van der Waals surface area contributed by atoms with Gasteiger partial charge in [-0.3, -0.25) is 19.2 Å². The third kappa shape index (κ3) is 11.7. The van der Waals surface area contributed by atoms with Gasteiger partial charge in [0.1, 0.15) is 18.7 Å². The number of aliphatic hydroxyl groups is 1. The number of ether oxygens (including phenoxy) is 3. The zero-order valence-corrected chi connectivity index (χ0v) is 37.0. The van der Waals surface area contributed by atoms with E-state index in [-0.39, 0.29) is 44.3 Å². The van der Waals surface area contributed by atoms with Crippen molar-refractivity contribution in [3.63, 3.8) is 0 Å². The number of carbonyl (C=O) groups excluding carboxylic acids is 4. The fourth-order valence-electron chi connectivity index (χ4n) is 7.14. The summed E-state index contributed by atoms with van der Waals surface area (Å²) < 4.78 is 45.5. The van der Waals surface area contributed by atoms with Crippen LogP contribution in [0.15, 0.2) is 47.3 Å². The van der Waals surface area contributed by atoms with Gasteiger partial charge in [0.2, 0.25) is 23.5 Å². The highest BCUT2D eigenvalue weighted by atomic mass is 32.1. The van der Waals surface area contributed by atoms with E-state index in [0.717, 1.165) is 27.8 Å². The fourth-order valence-corrected chi connectivity index (χ4v) is 8.83. The summed E-state index contributed by atoms with van der Waals surface area (Å²) >= 11 is 2.91. The number of hydrogen-bond acceptors (Lipinski definition) is 13. The highest BCUT2D eigenvalue weighted by Gasteiger charge is 2.44. The number of anilines is 1. The number of carbonyl (C=O) groups is 4. The van der Waals surface area contributed by atoms with E-state index in [0.29, 0.717) is 43.5 Å². The Bertz CT molecular complexity index is 2190. The molecular weight excluding hydrogens is 845 g/mol. The van der Waals surface area contributed by atoms with Crippen molar-refractivity contribution < 1.29 is 47.3 Å². The van der Waals surface area contributed by atoms with E-state index in [1.54, 1.807) is 43.0 Å². The quantitative estimate of drug-likeness (QED) is 0.109. The first kappa shape index (κ1) is 46.4. The number of β-amino-alcohol motifs (C(OH)–C–C–N with tert-alkyl or cyclic N) is 1. The summed E-state index contributed by atoms with van der Waals surface area (Å²) in [5.74, 6) is -4.83. The Balaban J connectivity index is 0.940. The third-order valence-electron chi connectivity index (χ3n) is 10.5. The summed E-state index contributed by atoms with van der Waals surface area (Å²) in [5, 5.41) is 21.4. The van der Waals surface area contributed by atoms with Gasteiger partial charge >= 0.3 is 0 Å². The van der Waals surface area contributed by atoms with Crippen LogP contribution in [-0.2, 0) is 28.7 Å². The number of aromatic nitrogens is 2. The second-order valence-electron chi connectivity index (χ2n) is 16.3. The van der Waals surface area contributed by atoms with Crippen LogP contribution in [-0.4, -0.2) is 121 Å². The van der Waals surface area contributed by atoms with Gasteiger partial charge in [-0.1, -0.05) is 45.0 Å². The summed E-state index contributed by atoms with van der Waals surface area (Å²) in [6.07, 6.45) is -0.562. The van der Waals surface area contributed by atoms with E-state index < -0.39 is 71.2 Å². The zero-order valence-electron chi connectivity index (χ0n) is 35.4. The maximum absolute atomic E-state index is 14.9. The van der Waals surface area contributed by atoms with Crippen molar-refractivity contribution >= 4 is 51.4 Å². The number of amides is 4. The highest BCUT2D eigenvalue weighted by Crippen LogP contribution is 2.37. The largest absolute Gasteiger partial charge is 0.480 e. The number of thiazole rings is 2. The van der Waals surface area contributed by atoms with Gasteiger partial charge in [0.05, 0.1) is 47.1 Å². The number of nitrogens with zero attached hydrogens (tertiary/aromatic N) is 4. The van der Waals surface area contributed by atoms with Crippen LogP contribution in [0, 0.1) is 24.0 Å². The van der Waals surface area contributed by atoms with Gasteiger partial charge in [-0.25, -0.2) is 14.4 Å². The molecule has 2 aromatic heterocycles. The van der Waals surface area contributed by atoms with E-state index >= 15 is 0 Å². The Morgan fingerprint density at radius 3 is 2.45 bits per heavy atom. The molecule has 15 nitrogen and oxygen atoms in total. The smallest absolute Gasteiger partial charge is 0.257 e. The Labute approximate surface area is 367 Å². The molecule has 2 fully saturated rings. The molecule has 2 saturated heterocycles. The maximum atomic E-state index is 14.9. The summed E-state index contributed by atoms with van der Waals surface area (Å²) in [6, 6.07) is 7.81. The van der Waals surface area contributed by atoms with Crippen molar-refractivity contribution in [3.8, 4) is 27.4 Å². The maximum Gasteiger partial charge on any atom is 0.257 e. The van der Waals surface area contributed by atoms with Crippen molar-refractivity contribution in [2.45, 2.75) is 71.7 Å². The number of halogens is 2. The minimum Gasteiger partial charge on any atom is -0.480 e. The molecule has 0 bridgehead atoms. The normalized spacial score (nSPS) is 17.7. The van der Waals surface area contributed by atoms with E-state index in [1.807, 2.05) is 43.0 Å². The van der Waals surface area contributed by atoms with Gasteiger partial charge in [-0.15, -0.1) is 22.7 Å². The summed E-state index contributed by atoms with van der Waals surface area (Å²) in [4.78, 5) is 66.6. The van der Waals surface area contributed by atoms with Gasteiger partial charge < -0.3 is 45.1 Å². The molecule has 2 aliphatic rings. The summed E-state index contributed by atoms with van der Waals surface area (Å²) in [5.41, 5.74) is 4.47. The van der Waals surface area contributed by atoms with Gasteiger partial charge in [0.25, 0.3) is 5.91 Å². The summed E-state index contributed by atoms with van der Waals surface area (Å²) in [7, 11) is 0. The Hall–Kier alpha value is -5.08. The van der Waals surface area contributed by atoms with Gasteiger partial charge in [0, 0.05) is 50.2 Å². The van der Waals surface area contributed by atoms with Crippen LogP contribution in [0.25, 0.3) is 21.7 Å². The lowest BCUT2D eigenvalue weighted by atomic mass is 9.85. The first-order valence-corrected chi connectivity index (χ1v) is 22.2. The van der Waals surface area contributed by atoms with Crippen LogP contribution < -0.4 is 25.6 Å². The monoisotopic (exact) mass is 897 g/mol. The standard InChI is InChI=1S/C43H53F2N7O8S2/c1-25(27-7-9-28(10-8-27)38-26(2)47-24-62-38)48-40(56)33-19-29(53)20-52(33)41(57)39(43(3,4)5)50-35(55)21-59-16-6-13-46-34(54)22-60-37-30(11-12-31(44)36(37)45)32-23-61-42(49-32)51-14-17-58-18-15-51/h7-12,23-25,29,33,39,53H,6,13-22H2,1-5H3,(H,46,54)(H,48,56)(H,50,55)/t25-,29+,33-,39?/m0/s1. The minimum atomic E-state index is -1.23. The molecular formula is C43H53F2N7O8S2. The first-order valence-electron chi connectivity index (χ1n) is 20.4. The molecule has 4 atom stereocenters. The lowest BCUT2D eigenvalue weighted by molar-refractivity contribution is -0.144. The third-order valence-corrected chi connectivity index (χ3v) is 12.4. The Kier molecular flexibility index (Phi) is 15.6. The number of benzene rings is 2. The van der Waals surface area contributed by atoms with Crippen LogP contribution in [0.3, 0.4) is 0 Å². The molecule has 4 N–H and O–H groups in total. The van der Waals surface area contributed by atoms with Crippen molar-refractivity contribution in [2.24, 2.45) is 5.41 Å². The average molecular weight is 898 g/mol. The molecule has 334 valence electrons. The second kappa shape index (κ2) is 20.9. The van der Waals surface area contributed by atoms with Crippen LogP contribution in [0.2, 0.25) is 0 Å². The predicted molar refractivity (Wildman–Crippen MR) is 231 cm³/mol. The number of aliphatic hydroxyl groups excluding tert-OH is 1. The first-order chi connectivity index (χ1) is 29.6. The van der Waals surface area contributed by atoms with Gasteiger partial charge in [0.15, 0.2) is 23.3 Å². The lowest BCUT2D eigenvalue weighted by Crippen LogP contribution is -2.58. The molecule has 19 heteroatoms. The molecule has 4 aromatic rings. The van der Waals surface area contributed by atoms with Crippen molar-refractivity contribution in [1.29, 1.82) is 0 Å². The highest BCUT2D eigenvalue weighted by molar-refractivity contribution is 7.14. The predicted octanol–water partition coefficient (Wildman–Crippen LogP) is 4.63. The molecule has 0 spiro atoms. The number of aryl methyl sites for hydroxylation is 1. The molecule has 0 radical (unpaired) electrons. The molecule has 2 aromatic carbocycles. The Morgan fingerprint density at radius 2 is 1.76 bits per heavy atom. The fraction of sp³-hybridized carbons (Fsp3) is 0.488. The van der Waals surface area contributed by atoms with Crippen LogP contribution in [0.4, 0.5) is 13.9 Å². The van der Waals surface area contributed by atoms with E-state index in [4.69, 9.17) is 14.2 Å². The van der Waals surface area contributed by atoms with Crippen LogP contribution in [0.1, 0.15) is 57.8 Å². The van der Waals surface area contributed by atoms with Crippen molar-refractivity contribution in [1.82, 2.24) is 30.8 Å². The van der Waals surface area contributed by atoms with Crippen molar-refractivity contribution in [2.75, 3.05) is 64.1 Å². The number of likely N-dealkylation sites (tertiary alicyclic amines) is 1. The molecule has 4 heterocycles. The molecule has 2 aliphatic heterocycles. The minimum absolute atomic E-state index is 0.0519. The van der Waals surface area contributed by atoms with Crippen molar-refractivity contribution in [3.05, 3.63) is 70.2 Å². The summed E-state index contributed by atoms with van der Waals surface area (Å²) in [6.45, 7) is 10.8. The lowest BCUT2D eigenvalue weighted by Gasteiger charge is -2.35. The van der Waals surface area contributed by atoms with Crippen LogP contribution in [0.5, 0.6) is 5.75 Å². The molecule has 62 heavy (non-hydrogen) atoms. The molecule has 0 aliphatic carbocycles. The van der Waals surface area contributed by atoms with Gasteiger partial charge in [-0.2, -0.15) is 4.39 Å². The number of nitrogens with one attached hydrogen (secondary N) is 3. The topological polar surface area (TPSA) is 185 Å². The molecule has 1 unspecified atom stereocenters. The number of hydrogen-bond donors (Lipinski definition) is 4. The molecule has 6 rings (SSSR count). The van der Waals surface area contributed by atoms with E-state index in [2.05, 4.69) is 25.9 Å². The van der Waals surface area contributed by atoms with Gasteiger partial charge in [-0.05, 0) is 48.9 Å². The molecule has 0 saturated carbocycles. The molecule has 4 amide bonds. The number of morpholine rings is 1.